The van der Waals surface area contributed by atoms with Gasteiger partial charge in [0, 0.05) is 31.7 Å². The van der Waals surface area contributed by atoms with Crippen molar-refractivity contribution in [3.8, 4) is 0 Å². The SMILES string of the molecule is CC1CN(Cc2cccc(NN)n2)CC(C)N1C. The van der Waals surface area contributed by atoms with Crippen LogP contribution in [0.1, 0.15) is 19.5 Å². The van der Waals surface area contributed by atoms with Crippen LogP contribution in [0, 0.1) is 0 Å². The second-order valence-corrected chi connectivity index (χ2v) is 5.22. The van der Waals surface area contributed by atoms with E-state index in [1.54, 1.807) is 0 Å². The molecule has 1 fully saturated rings. The molecule has 0 spiro atoms. The van der Waals surface area contributed by atoms with E-state index in [2.05, 4.69) is 47.2 Å². The predicted molar refractivity (Wildman–Crippen MR) is 74.0 cm³/mol. The molecule has 18 heavy (non-hydrogen) atoms. The van der Waals surface area contributed by atoms with Crippen LogP contribution in [0.15, 0.2) is 18.2 Å². The molecular weight excluding hydrogens is 226 g/mol. The lowest BCUT2D eigenvalue weighted by atomic mass is 10.1. The fourth-order valence-corrected chi connectivity index (χ4v) is 2.52. The molecule has 5 heteroatoms. The van der Waals surface area contributed by atoms with Gasteiger partial charge >= 0.3 is 0 Å². The van der Waals surface area contributed by atoms with E-state index in [4.69, 9.17) is 5.84 Å². The number of hydrazine groups is 1. The van der Waals surface area contributed by atoms with E-state index in [-0.39, 0.29) is 0 Å². The Morgan fingerprint density at radius 3 is 2.61 bits per heavy atom. The molecule has 3 N–H and O–H groups in total. The summed E-state index contributed by atoms with van der Waals surface area (Å²) in [6.45, 7) is 7.60. The number of nitrogens with one attached hydrogen (secondary N) is 1. The van der Waals surface area contributed by atoms with Crippen LogP contribution >= 0.6 is 0 Å². The number of hydrogen-bond donors (Lipinski definition) is 2. The highest BCUT2D eigenvalue weighted by atomic mass is 15.3. The smallest absolute Gasteiger partial charge is 0.140 e. The zero-order valence-electron chi connectivity index (χ0n) is 11.4. The van der Waals surface area contributed by atoms with Crippen LogP contribution in [-0.4, -0.2) is 47.0 Å². The van der Waals surface area contributed by atoms with Crippen molar-refractivity contribution in [1.82, 2.24) is 14.8 Å². The van der Waals surface area contributed by atoms with Crippen molar-refractivity contribution in [2.45, 2.75) is 32.5 Å². The molecule has 2 atom stereocenters. The normalized spacial score (nSPS) is 26.2. The van der Waals surface area contributed by atoms with Gasteiger partial charge in [0.1, 0.15) is 5.82 Å². The van der Waals surface area contributed by atoms with Crippen molar-refractivity contribution in [2.24, 2.45) is 5.84 Å². The fourth-order valence-electron chi connectivity index (χ4n) is 2.52. The minimum absolute atomic E-state index is 0.588. The van der Waals surface area contributed by atoms with Gasteiger partial charge < -0.3 is 5.43 Å². The first-order valence-corrected chi connectivity index (χ1v) is 6.47. The summed E-state index contributed by atoms with van der Waals surface area (Å²) in [5.41, 5.74) is 3.66. The molecule has 1 aromatic heterocycles. The van der Waals surface area contributed by atoms with Gasteiger partial charge in [-0.05, 0) is 33.0 Å². The topological polar surface area (TPSA) is 57.4 Å². The maximum absolute atomic E-state index is 5.38. The third-order valence-electron chi connectivity index (χ3n) is 3.78. The Balaban J connectivity index is 2.00. The number of aromatic nitrogens is 1. The van der Waals surface area contributed by atoms with Crippen molar-refractivity contribution in [3.05, 3.63) is 23.9 Å². The molecule has 1 aliphatic rings. The molecular formula is C13H23N5. The van der Waals surface area contributed by atoms with Gasteiger partial charge in [-0.1, -0.05) is 6.07 Å². The molecule has 5 nitrogen and oxygen atoms in total. The van der Waals surface area contributed by atoms with E-state index in [1.807, 2.05) is 12.1 Å². The van der Waals surface area contributed by atoms with E-state index < -0.39 is 0 Å². The zero-order chi connectivity index (χ0) is 13.1. The highest BCUT2D eigenvalue weighted by Crippen LogP contribution is 2.15. The highest BCUT2D eigenvalue weighted by molar-refractivity contribution is 5.33. The Kier molecular flexibility index (Phi) is 4.16. The van der Waals surface area contributed by atoms with Crippen LogP contribution in [0.25, 0.3) is 0 Å². The number of pyridine rings is 1. The van der Waals surface area contributed by atoms with Crippen molar-refractivity contribution >= 4 is 5.82 Å². The first kappa shape index (κ1) is 13.3. The van der Waals surface area contributed by atoms with Crippen LogP contribution in [0.3, 0.4) is 0 Å². The van der Waals surface area contributed by atoms with Gasteiger partial charge in [0.15, 0.2) is 0 Å². The summed E-state index contributed by atoms with van der Waals surface area (Å²) in [6, 6.07) is 7.09. The number of likely N-dealkylation sites (N-methyl/N-ethyl adjacent to an activating group) is 1. The van der Waals surface area contributed by atoms with Crippen LogP contribution < -0.4 is 11.3 Å². The molecule has 2 heterocycles. The molecule has 0 amide bonds. The van der Waals surface area contributed by atoms with Crippen molar-refractivity contribution in [2.75, 3.05) is 25.6 Å². The number of rotatable bonds is 3. The lowest BCUT2D eigenvalue weighted by molar-refractivity contribution is 0.0549. The summed E-state index contributed by atoms with van der Waals surface area (Å²) in [4.78, 5) is 9.35. The maximum Gasteiger partial charge on any atom is 0.140 e. The average molecular weight is 249 g/mol. The Morgan fingerprint density at radius 2 is 2.00 bits per heavy atom. The molecule has 2 unspecified atom stereocenters. The van der Waals surface area contributed by atoms with Gasteiger partial charge in [-0.25, -0.2) is 10.8 Å². The monoisotopic (exact) mass is 249 g/mol. The quantitative estimate of drug-likeness (QED) is 0.615. The Labute approximate surface area is 109 Å². The van der Waals surface area contributed by atoms with Gasteiger partial charge in [-0.15, -0.1) is 0 Å². The molecule has 0 aromatic carbocycles. The lowest BCUT2D eigenvalue weighted by Gasteiger charge is -2.42. The van der Waals surface area contributed by atoms with Gasteiger partial charge in [-0.2, -0.15) is 0 Å². The fraction of sp³-hybridized carbons (Fsp3) is 0.615. The van der Waals surface area contributed by atoms with E-state index in [1.165, 1.54) is 0 Å². The molecule has 1 saturated heterocycles. The number of nitrogen functional groups attached to an aromatic ring is 1. The Bertz CT molecular complexity index is 383. The van der Waals surface area contributed by atoms with Crippen molar-refractivity contribution in [3.63, 3.8) is 0 Å². The number of anilines is 1. The van der Waals surface area contributed by atoms with Crippen LogP contribution in [-0.2, 0) is 6.54 Å². The third kappa shape index (κ3) is 2.98. The van der Waals surface area contributed by atoms with Gasteiger partial charge in [0.25, 0.3) is 0 Å². The molecule has 100 valence electrons. The van der Waals surface area contributed by atoms with Crippen LogP contribution in [0.2, 0.25) is 0 Å². The number of piperazine rings is 1. The van der Waals surface area contributed by atoms with E-state index in [9.17, 15) is 0 Å². The number of hydrogen-bond acceptors (Lipinski definition) is 5. The summed E-state index contributed by atoms with van der Waals surface area (Å²) >= 11 is 0. The van der Waals surface area contributed by atoms with E-state index >= 15 is 0 Å². The van der Waals surface area contributed by atoms with Crippen molar-refractivity contribution < 1.29 is 0 Å². The van der Waals surface area contributed by atoms with Crippen molar-refractivity contribution in [1.29, 1.82) is 0 Å². The largest absolute Gasteiger partial charge is 0.308 e. The van der Waals surface area contributed by atoms with E-state index in [0.29, 0.717) is 12.1 Å². The van der Waals surface area contributed by atoms with Crippen LogP contribution in [0.5, 0.6) is 0 Å². The van der Waals surface area contributed by atoms with Gasteiger partial charge in [-0.3, -0.25) is 9.80 Å². The molecule has 0 radical (unpaired) electrons. The molecule has 0 aliphatic carbocycles. The summed E-state index contributed by atoms with van der Waals surface area (Å²) < 4.78 is 0. The third-order valence-corrected chi connectivity index (χ3v) is 3.78. The van der Waals surface area contributed by atoms with E-state index in [0.717, 1.165) is 31.1 Å². The van der Waals surface area contributed by atoms with Gasteiger partial charge in [0.05, 0.1) is 5.69 Å². The molecule has 1 aliphatic heterocycles. The predicted octanol–water partition coefficient (Wildman–Crippen LogP) is 0.892. The standard InChI is InChI=1S/C13H23N5/c1-10-7-18(8-11(2)17(10)3)9-12-5-4-6-13(15-12)16-14/h4-6,10-11H,7-9,14H2,1-3H3,(H,15,16). The summed E-state index contributed by atoms with van der Waals surface area (Å²) in [5, 5.41) is 0. The zero-order valence-corrected chi connectivity index (χ0v) is 11.4. The van der Waals surface area contributed by atoms with Gasteiger partial charge in [0.2, 0.25) is 0 Å². The molecule has 0 bridgehead atoms. The second kappa shape index (κ2) is 5.65. The highest BCUT2D eigenvalue weighted by Gasteiger charge is 2.26. The summed E-state index contributed by atoms with van der Waals surface area (Å²) in [6.07, 6.45) is 0. The molecule has 2 rings (SSSR count). The first-order valence-electron chi connectivity index (χ1n) is 6.47. The minimum Gasteiger partial charge on any atom is -0.308 e. The number of nitrogens with two attached hydrogens (primary N) is 1. The average Bonchev–Trinajstić information content (AvgIpc) is 2.36. The molecule has 1 aromatic rings. The number of nitrogens with zero attached hydrogens (tertiary/aromatic N) is 3. The Morgan fingerprint density at radius 1 is 1.33 bits per heavy atom. The Hall–Kier alpha value is -1.17. The summed E-state index contributed by atoms with van der Waals surface area (Å²) in [5.74, 6) is 6.11. The first-order chi connectivity index (χ1) is 8.60. The lowest BCUT2D eigenvalue weighted by Crippen LogP contribution is -2.54. The second-order valence-electron chi connectivity index (χ2n) is 5.22. The summed E-state index contributed by atoms with van der Waals surface area (Å²) in [7, 11) is 2.20. The maximum atomic E-state index is 5.38. The minimum atomic E-state index is 0.588. The van der Waals surface area contributed by atoms with Crippen LogP contribution in [0.4, 0.5) is 5.82 Å². The molecule has 0 saturated carbocycles.